The van der Waals surface area contributed by atoms with Gasteiger partial charge in [-0.3, -0.25) is 9.36 Å². The fraction of sp³-hybridized carbons (Fsp3) is 0.263. The van der Waals surface area contributed by atoms with Gasteiger partial charge in [0, 0.05) is 25.1 Å². The summed E-state index contributed by atoms with van der Waals surface area (Å²) in [5.74, 6) is -2.50. The highest BCUT2D eigenvalue weighted by Crippen LogP contribution is 2.39. The third-order valence-corrected chi connectivity index (χ3v) is 4.53. The lowest BCUT2D eigenvalue weighted by molar-refractivity contribution is -0.140. The van der Waals surface area contributed by atoms with Crippen LogP contribution in [0.1, 0.15) is 35.6 Å². The van der Waals surface area contributed by atoms with Crippen LogP contribution in [0.25, 0.3) is 17.1 Å². The molecule has 0 bridgehead atoms. The van der Waals surface area contributed by atoms with Crippen molar-refractivity contribution in [1.29, 1.82) is 0 Å². The van der Waals surface area contributed by atoms with Crippen molar-refractivity contribution in [2.45, 2.75) is 25.6 Å². The minimum Gasteiger partial charge on any atom is -0.374 e. The molecule has 158 valence electrons. The van der Waals surface area contributed by atoms with E-state index in [4.69, 9.17) is 10.5 Å². The Kier molecular flexibility index (Phi) is 5.33. The number of aromatic nitrogens is 4. The van der Waals surface area contributed by atoms with Gasteiger partial charge >= 0.3 is 6.18 Å². The summed E-state index contributed by atoms with van der Waals surface area (Å²) in [5.41, 5.74) is 1.47. The molecule has 11 heteroatoms. The number of hydrogen-bond donors (Lipinski definition) is 1. The molecule has 0 fully saturated rings. The molecule has 0 aliphatic heterocycles. The number of primary amides is 1. The quantitative estimate of drug-likeness (QED) is 0.634. The number of nitrogens with zero attached hydrogens (tertiary/aromatic N) is 4. The number of carbonyl (C=O) groups is 1. The number of nitrogens with two attached hydrogens (primary N) is 1. The standard InChI is InChI=1S/C19H17F4N5O2/c1-18(2,30-3)11-6-10(7-12(20)8-11)13-14(16(24)29)26-17(28-5-4-25-9-28)27-15(13)19(21,22)23/h4-9H,1-3H3,(H2,24,29). The summed E-state index contributed by atoms with van der Waals surface area (Å²) in [6, 6.07) is 3.27. The lowest BCUT2D eigenvalue weighted by atomic mass is 9.92. The molecule has 0 radical (unpaired) electrons. The lowest BCUT2D eigenvalue weighted by Gasteiger charge is -2.25. The molecular weight excluding hydrogens is 406 g/mol. The van der Waals surface area contributed by atoms with Crippen molar-refractivity contribution in [1.82, 2.24) is 19.5 Å². The molecule has 30 heavy (non-hydrogen) atoms. The van der Waals surface area contributed by atoms with E-state index >= 15 is 0 Å². The molecule has 0 unspecified atom stereocenters. The van der Waals surface area contributed by atoms with Crippen LogP contribution in [0, 0.1) is 5.82 Å². The molecule has 0 aliphatic carbocycles. The molecule has 2 heterocycles. The number of hydrogen-bond acceptors (Lipinski definition) is 5. The number of alkyl halides is 3. The Morgan fingerprint density at radius 1 is 1.17 bits per heavy atom. The first-order valence-corrected chi connectivity index (χ1v) is 8.58. The van der Waals surface area contributed by atoms with E-state index in [-0.39, 0.29) is 11.1 Å². The van der Waals surface area contributed by atoms with Gasteiger partial charge in [-0.15, -0.1) is 0 Å². The van der Waals surface area contributed by atoms with Crippen molar-refractivity contribution in [3.05, 3.63) is 59.7 Å². The van der Waals surface area contributed by atoms with E-state index in [0.29, 0.717) is 0 Å². The maximum Gasteiger partial charge on any atom is 0.434 e. The number of benzene rings is 1. The number of imidazole rings is 1. The molecule has 7 nitrogen and oxygen atoms in total. The zero-order chi connectivity index (χ0) is 22.3. The molecule has 1 aromatic carbocycles. The van der Waals surface area contributed by atoms with E-state index in [0.717, 1.165) is 16.7 Å². The normalized spacial score (nSPS) is 12.2. The van der Waals surface area contributed by atoms with Gasteiger partial charge in [-0.05, 0) is 43.2 Å². The molecule has 2 aromatic heterocycles. The molecule has 0 aliphatic rings. The van der Waals surface area contributed by atoms with Crippen molar-refractivity contribution in [2.75, 3.05) is 7.11 Å². The summed E-state index contributed by atoms with van der Waals surface area (Å²) in [6.07, 6.45) is -1.20. The summed E-state index contributed by atoms with van der Waals surface area (Å²) in [5, 5.41) is 0. The first-order chi connectivity index (χ1) is 13.9. The Morgan fingerprint density at radius 3 is 2.40 bits per heavy atom. The van der Waals surface area contributed by atoms with Crippen LogP contribution in [-0.4, -0.2) is 32.5 Å². The van der Waals surface area contributed by atoms with E-state index in [9.17, 15) is 22.4 Å². The van der Waals surface area contributed by atoms with Gasteiger partial charge in [-0.25, -0.2) is 19.3 Å². The highest BCUT2D eigenvalue weighted by molar-refractivity contribution is 5.98. The van der Waals surface area contributed by atoms with Crippen molar-refractivity contribution >= 4 is 5.91 Å². The lowest BCUT2D eigenvalue weighted by Crippen LogP contribution is -2.23. The van der Waals surface area contributed by atoms with Crippen LogP contribution in [0.5, 0.6) is 0 Å². The molecule has 3 aromatic rings. The number of carbonyl (C=O) groups excluding carboxylic acids is 1. The minimum absolute atomic E-state index is 0.252. The first-order valence-electron chi connectivity index (χ1n) is 8.58. The predicted molar refractivity (Wildman–Crippen MR) is 98.1 cm³/mol. The van der Waals surface area contributed by atoms with Gasteiger partial charge in [0.25, 0.3) is 5.91 Å². The summed E-state index contributed by atoms with van der Waals surface area (Å²) in [6.45, 7) is 3.23. The highest BCUT2D eigenvalue weighted by Gasteiger charge is 2.39. The average Bonchev–Trinajstić information content (AvgIpc) is 3.20. The average molecular weight is 423 g/mol. The zero-order valence-corrected chi connectivity index (χ0v) is 16.2. The Labute approximate surface area is 168 Å². The summed E-state index contributed by atoms with van der Waals surface area (Å²) in [7, 11) is 1.38. The Balaban J connectivity index is 2.38. The number of rotatable bonds is 5. The van der Waals surface area contributed by atoms with Crippen LogP contribution in [-0.2, 0) is 16.5 Å². The second-order valence-corrected chi connectivity index (χ2v) is 6.87. The fourth-order valence-electron chi connectivity index (χ4n) is 2.80. The van der Waals surface area contributed by atoms with Crippen LogP contribution in [0.4, 0.5) is 17.6 Å². The third kappa shape index (κ3) is 4.01. The number of ether oxygens (including phenoxy) is 1. The minimum atomic E-state index is -4.99. The number of halogens is 4. The molecule has 1 amide bonds. The largest absolute Gasteiger partial charge is 0.434 e. The van der Waals surface area contributed by atoms with Crippen molar-refractivity contribution in [2.24, 2.45) is 5.73 Å². The molecule has 0 atom stereocenters. The van der Waals surface area contributed by atoms with Crippen molar-refractivity contribution in [3.8, 4) is 17.1 Å². The van der Waals surface area contributed by atoms with E-state index in [1.807, 2.05) is 0 Å². The van der Waals surface area contributed by atoms with Crippen LogP contribution >= 0.6 is 0 Å². The fourth-order valence-corrected chi connectivity index (χ4v) is 2.80. The first kappa shape index (κ1) is 21.4. The van der Waals surface area contributed by atoms with Crippen LogP contribution in [0.2, 0.25) is 0 Å². The van der Waals surface area contributed by atoms with Crippen LogP contribution in [0.3, 0.4) is 0 Å². The predicted octanol–water partition coefficient (Wildman–Crippen LogP) is 3.47. The van der Waals surface area contributed by atoms with Crippen molar-refractivity contribution < 1.29 is 27.1 Å². The third-order valence-electron chi connectivity index (χ3n) is 4.53. The highest BCUT2D eigenvalue weighted by atomic mass is 19.4. The number of amides is 1. The maximum atomic E-state index is 14.3. The van der Waals surface area contributed by atoms with Gasteiger partial charge < -0.3 is 10.5 Å². The smallest absolute Gasteiger partial charge is 0.374 e. The van der Waals surface area contributed by atoms with Gasteiger partial charge in [0.2, 0.25) is 5.95 Å². The number of methoxy groups -OCH3 is 1. The second-order valence-electron chi connectivity index (χ2n) is 6.87. The topological polar surface area (TPSA) is 95.9 Å². The molecule has 2 N–H and O–H groups in total. The van der Waals surface area contributed by atoms with E-state index in [1.165, 1.54) is 31.9 Å². The van der Waals surface area contributed by atoms with Crippen LogP contribution < -0.4 is 5.73 Å². The summed E-state index contributed by atoms with van der Waals surface area (Å²) >= 11 is 0. The van der Waals surface area contributed by atoms with Gasteiger partial charge in [0.05, 0.1) is 5.60 Å². The Morgan fingerprint density at radius 2 is 1.87 bits per heavy atom. The monoisotopic (exact) mass is 423 g/mol. The Bertz CT molecular complexity index is 1100. The van der Waals surface area contributed by atoms with Gasteiger partial charge in [0.1, 0.15) is 17.8 Å². The second kappa shape index (κ2) is 7.48. The molecule has 0 saturated carbocycles. The summed E-state index contributed by atoms with van der Waals surface area (Å²) < 4.78 is 62.5. The SMILES string of the molecule is COC(C)(C)c1cc(F)cc(-c2c(C(N)=O)nc(-n3ccnc3)nc2C(F)(F)F)c1. The maximum absolute atomic E-state index is 14.3. The van der Waals surface area contributed by atoms with Gasteiger partial charge in [-0.1, -0.05) is 0 Å². The molecule has 0 saturated heterocycles. The van der Waals surface area contributed by atoms with E-state index in [2.05, 4.69) is 15.0 Å². The molecule has 3 rings (SSSR count). The molecular formula is C19H17F4N5O2. The van der Waals surface area contributed by atoms with E-state index in [1.54, 1.807) is 13.8 Å². The van der Waals surface area contributed by atoms with Gasteiger partial charge in [0.15, 0.2) is 5.69 Å². The van der Waals surface area contributed by atoms with E-state index < -0.39 is 46.4 Å². The zero-order valence-electron chi connectivity index (χ0n) is 16.2. The molecule has 0 spiro atoms. The summed E-state index contributed by atoms with van der Waals surface area (Å²) in [4.78, 5) is 23.2. The van der Waals surface area contributed by atoms with Crippen LogP contribution in [0.15, 0.2) is 36.9 Å². The Hall–Kier alpha value is -3.34. The van der Waals surface area contributed by atoms with Crippen molar-refractivity contribution in [3.63, 3.8) is 0 Å². The van der Waals surface area contributed by atoms with Gasteiger partial charge in [-0.2, -0.15) is 13.2 Å².